The molecule has 0 aromatic heterocycles. The molecule has 4 nitrogen and oxygen atoms in total. The molecule has 0 heterocycles. The third kappa shape index (κ3) is 4.77. The third-order valence-electron chi connectivity index (χ3n) is 2.55. The lowest BCUT2D eigenvalue weighted by atomic mass is 9.90. The number of aliphatic hydroxyl groups excluding tert-OH is 1. The van der Waals surface area contributed by atoms with E-state index >= 15 is 0 Å². The summed E-state index contributed by atoms with van der Waals surface area (Å²) in [5.41, 5.74) is -0.379. The molecule has 2 N–H and O–H groups in total. The molecule has 16 heavy (non-hydrogen) atoms. The van der Waals surface area contributed by atoms with Crippen molar-refractivity contribution in [2.45, 2.75) is 58.8 Å². The molecule has 0 aromatic carbocycles. The Hall–Kier alpha value is -0.870. The number of aliphatic hydroxyl groups is 2. The Morgan fingerprint density at radius 1 is 1.44 bits per heavy atom. The average molecular weight is 230 g/mol. The van der Waals surface area contributed by atoms with E-state index in [-0.39, 0.29) is 0 Å². The molecule has 0 rings (SSSR count). The van der Waals surface area contributed by atoms with Crippen LogP contribution in [0.25, 0.3) is 0 Å². The summed E-state index contributed by atoms with van der Waals surface area (Å²) in [5.74, 6) is -0.465. The van der Waals surface area contributed by atoms with E-state index in [0.29, 0.717) is 6.42 Å². The van der Waals surface area contributed by atoms with E-state index in [1.165, 1.54) is 20.8 Å². The van der Waals surface area contributed by atoms with Gasteiger partial charge in [-0.25, -0.2) is 0 Å². The SMILES string of the molecule is CC(=O)O[C@@H](CC=C(C)C)[C@](C)(O)[C@@H](C)O. The predicted molar refractivity (Wildman–Crippen MR) is 61.9 cm³/mol. The first-order chi connectivity index (χ1) is 7.17. The Labute approximate surface area is 96.9 Å². The van der Waals surface area contributed by atoms with Crippen molar-refractivity contribution in [2.75, 3.05) is 0 Å². The molecule has 0 unspecified atom stereocenters. The number of ether oxygens (including phenoxy) is 1. The minimum Gasteiger partial charge on any atom is -0.459 e. The standard InChI is InChI=1S/C12H22O4/c1-8(2)6-7-11(16-10(4)14)12(5,15)9(3)13/h6,9,11,13,15H,7H2,1-5H3/t9-,11+,12-/m1/s1. The van der Waals surface area contributed by atoms with E-state index in [4.69, 9.17) is 4.74 Å². The summed E-state index contributed by atoms with van der Waals surface area (Å²) >= 11 is 0. The quantitative estimate of drug-likeness (QED) is 0.553. The Kier molecular flexibility index (Phi) is 5.68. The molecule has 0 spiro atoms. The molecule has 0 bridgehead atoms. The zero-order valence-corrected chi connectivity index (χ0v) is 10.7. The first-order valence-corrected chi connectivity index (χ1v) is 5.39. The summed E-state index contributed by atoms with van der Waals surface area (Å²) in [5, 5.41) is 19.5. The number of hydrogen-bond donors (Lipinski definition) is 2. The summed E-state index contributed by atoms with van der Waals surface area (Å²) in [6.45, 7) is 8.06. The van der Waals surface area contributed by atoms with Crippen molar-refractivity contribution in [3.8, 4) is 0 Å². The number of carbonyl (C=O) groups excluding carboxylic acids is 1. The van der Waals surface area contributed by atoms with Crippen molar-refractivity contribution in [3.63, 3.8) is 0 Å². The van der Waals surface area contributed by atoms with E-state index in [1.807, 2.05) is 19.9 Å². The molecular formula is C12H22O4. The van der Waals surface area contributed by atoms with Crippen molar-refractivity contribution >= 4 is 5.97 Å². The molecule has 94 valence electrons. The third-order valence-corrected chi connectivity index (χ3v) is 2.55. The van der Waals surface area contributed by atoms with E-state index in [0.717, 1.165) is 5.57 Å². The van der Waals surface area contributed by atoms with Gasteiger partial charge in [0.25, 0.3) is 0 Å². The Balaban J connectivity index is 4.79. The van der Waals surface area contributed by atoms with Crippen LogP contribution in [0.4, 0.5) is 0 Å². The normalized spacial score (nSPS) is 18.2. The van der Waals surface area contributed by atoms with Crippen LogP contribution in [0.5, 0.6) is 0 Å². The molecule has 3 atom stereocenters. The van der Waals surface area contributed by atoms with Gasteiger partial charge in [0.05, 0.1) is 6.10 Å². The lowest BCUT2D eigenvalue weighted by Crippen LogP contribution is -2.50. The minimum absolute atomic E-state index is 0.389. The van der Waals surface area contributed by atoms with Crippen LogP contribution in [0.2, 0.25) is 0 Å². The van der Waals surface area contributed by atoms with E-state index in [1.54, 1.807) is 0 Å². The van der Waals surface area contributed by atoms with Gasteiger partial charge in [-0.2, -0.15) is 0 Å². The summed E-state index contributed by atoms with van der Waals surface area (Å²) in [6, 6.07) is 0. The van der Waals surface area contributed by atoms with Crippen molar-refractivity contribution in [1.82, 2.24) is 0 Å². The zero-order chi connectivity index (χ0) is 12.9. The van der Waals surface area contributed by atoms with E-state index in [2.05, 4.69) is 0 Å². The van der Waals surface area contributed by atoms with Crippen molar-refractivity contribution < 1.29 is 19.7 Å². The molecule has 0 aliphatic rings. The van der Waals surface area contributed by atoms with Gasteiger partial charge in [-0.15, -0.1) is 0 Å². The fourth-order valence-electron chi connectivity index (χ4n) is 1.22. The largest absolute Gasteiger partial charge is 0.459 e. The van der Waals surface area contributed by atoms with Gasteiger partial charge in [0.1, 0.15) is 11.7 Å². The zero-order valence-electron chi connectivity index (χ0n) is 10.7. The second kappa shape index (κ2) is 6.01. The van der Waals surface area contributed by atoms with E-state index < -0.39 is 23.8 Å². The van der Waals surface area contributed by atoms with Crippen LogP contribution in [0.1, 0.15) is 41.0 Å². The maximum Gasteiger partial charge on any atom is 0.303 e. The number of rotatable bonds is 5. The van der Waals surface area contributed by atoms with Crippen LogP contribution in [-0.4, -0.2) is 34.0 Å². The van der Waals surface area contributed by atoms with Gasteiger partial charge in [0, 0.05) is 13.3 Å². The number of hydrogen-bond acceptors (Lipinski definition) is 4. The highest BCUT2D eigenvalue weighted by molar-refractivity contribution is 5.66. The fourth-order valence-corrected chi connectivity index (χ4v) is 1.22. The number of carbonyl (C=O) groups is 1. The fraction of sp³-hybridized carbons (Fsp3) is 0.750. The topological polar surface area (TPSA) is 66.8 Å². The van der Waals surface area contributed by atoms with E-state index in [9.17, 15) is 15.0 Å². The maximum absolute atomic E-state index is 10.9. The van der Waals surface area contributed by atoms with Crippen LogP contribution in [-0.2, 0) is 9.53 Å². The smallest absolute Gasteiger partial charge is 0.303 e. The predicted octanol–water partition coefficient (Wildman–Crippen LogP) is 1.41. The van der Waals surface area contributed by atoms with Crippen LogP contribution < -0.4 is 0 Å². The second-order valence-corrected chi connectivity index (χ2v) is 4.52. The van der Waals surface area contributed by atoms with Crippen molar-refractivity contribution in [2.24, 2.45) is 0 Å². The molecule has 0 radical (unpaired) electrons. The van der Waals surface area contributed by atoms with Crippen LogP contribution in [0.15, 0.2) is 11.6 Å². The molecule has 0 fully saturated rings. The second-order valence-electron chi connectivity index (χ2n) is 4.52. The molecule has 0 saturated carbocycles. The highest BCUT2D eigenvalue weighted by Crippen LogP contribution is 2.22. The molecule has 0 amide bonds. The lowest BCUT2D eigenvalue weighted by Gasteiger charge is -2.34. The number of allylic oxidation sites excluding steroid dienone is 1. The van der Waals surface area contributed by atoms with Gasteiger partial charge in [-0.1, -0.05) is 11.6 Å². The Morgan fingerprint density at radius 3 is 2.25 bits per heavy atom. The molecular weight excluding hydrogens is 208 g/mol. The highest BCUT2D eigenvalue weighted by atomic mass is 16.6. The summed E-state index contributed by atoms with van der Waals surface area (Å²) < 4.78 is 5.03. The molecule has 0 saturated heterocycles. The summed E-state index contributed by atoms with van der Waals surface area (Å²) in [7, 11) is 0. The Morgan fingerprint density at radius 2 is 1.94 bits per heavy atom. The molecule has 0 aliphatic carbocycles. The van der Waals surface area contributed by atoms with Gasteiger partial charge in [-0.3, -0.25) is 4.79 Å². The molecule has 0 aromatic rings. The monoisotopic (exact) mass is 230 g/mol. The van der Waals surface area contributed by atoms with Crippen molar-refractivity contribution in [1.29, 1.82) is 0 Å². The summed E-state index contributed by atoms with van der Waals surface area (Å²) in [6.07, 6.45) is 0.548. The average Bonchev–Trinajstić information content (AvgIpc) is 2.10. The van der Waals surface area contributed by atoms with Crippen LogP contribution in [0.3, 0.4) is 0 Å². The Bertz CT molecular complexity index is 262. The van der Waals surface area contributed by atoms with Gasteiger partial charge >= 0.3 is 5.97 Å². The van der Waals surface area contributed by atoms with Crippen molar-refractivity contribution in [3.05, 3.63) is 11.6 Å². The van der Waals surface area contributed by atoms with Crippen LogP contribution in [0, 0.1) is 0 Å². The minimum atomic E-state index is -1.45. The summed E-state index contributed by atoms with van der Waals surface area (Å²) in [4.78, 5) is 10.9. The first kappa shape index (κ1) is 15.1. The highest BCUT2D eigenvalue weighted by Gasteiger charge is 2.38. The van der Waals surface area contributed by atoms with Crippen LogP contribution >= 0.6 is 0 Å². The molecule has 4 heteroatoms. The maximum atomic E-state index is 10.9. The molecule has 0 aliphatic heterocycles. The number of esters is 1. The van der Waals surface area contributed by atoms with Gasteiger partial charge in [0.2, 0.25) is 0 Å². The van der Waals surface area contributed by atoms with Gasteiger partial charge < -0.3 is 14.9 Å². The van der Waals surface area contributed by atoms with Gasteiger partial charge in [-0.05, 0) is 27.7 Å². The van der Waals surface area contributed by atoms with Gasteiger partial charge in [0.15, 0.2) is 0 Å². The first-order valence-electron chi connectivity index (χ1n) is 5.39. The lowest BCUT2D eigenvalue weighted by molar-refractivity contribution is -0.173.